The summed E-state index contributed by atoms with van der Waals surface area (Å²) in [6.07, 6.45) is 0. The molecular formula is C18H18NS+. The molecule has 2 aromatic carbocycles. The van der Waals surface area contributed by atoms with E-state index in [1.165, 1.54) is 32.4 Å². The number of rotatable bonds is 2. The second kappa shape index (κ2) is 5.22. The van der Waals surface area contributed by atoms with Crippen LogP contribution in [0.25, 0.3) is 16.3 Å². The molecule has 0 atom stereocenters. The van der Waals surface area contributed by atoms with Crippen molar-refractivity contribution in [3.05, 3.63) is 70.7 Å². The van der Waals surface area contributed by atoms with Crippen molar-refractivity contribution >= 4 is 11.3 Å². The average Bonchev–Trinajstić information content (AvgIpc) is 2.77. The number of aryl methyl sites for hydroxylation is 2. The van der Waals surface area contributed by atoms with Crippen molar-refractivity contribution < 1.29 is 4.57 Å². The van der Waals surface area contributed by atoms with Gasteiger partial charge in [-0.25, -0.2) is 0 Å². The molecule has 3 aromatic rings. The van der Waals surface area contributed by atoms with Crippen LogP contribution in [0.15, 0.2) is 54.6 Å². The van der Waals surface area contributed by atoms with Gasteiger partial charge in [0.2, 0.25) is 5.69 Å². The third-order valence-corrected chi connectivity index (χ3v) is 4.89. The Morgan fingerprint density at radius 2 is 1.45 bits per heavy atom. The van der Waals surface area contributed by atoms with Crippen molar-refractivity contribution in [2.24, 2.45) is 0 Å². The number of hydrogen-bond donors (Lipinski definition) is 0. The van der Waals surface area contributed by atoms with Crippen LogP contribution >= 0.6 is 11.3 Å². The van der Waals surface area contributed by atoms with Crippen LogP contribution in [0.2, 0.25) is 0 Å². The van der Waals surface area contributed by atoms with E-state index in [2.05, 4.69) is 79.9 Å². The number of thiazole rings is 1. The molecule has 0 aliphatic heterocycles. The van der Waals surface area contributed by atoms with Gasteiger partial charge in [-0.05, 0) is 26.0 Å². The Bertz CT molecular complexity index is 741. The summed E-state index contributed by atoms with van der Waals surface area (Å²) >= 11 is 1.86. The molecule has 1 heterocycles. The van der Waals surface area contributed by atoms with Gasteiger partial charge in [0.15, 0.2) is 5.69 Å². The maximum absolute atomic E-state index is 2.38. The largest absolute Gasteiger partial charge is 0.275 e. The second-order valence-electron chi connectivity index (χ2n) is 5.04. The van der Waals surface area contributed by atoms with Gasteiger partial charge in [-0.2, -0.15) is 0 Å². The molecular weight excluding hydrogens is 262 g/mol. The Morgan fingerprint density at radius 1 is 0.800 bits per heavy atom. The quantitative estimate of drug-likeness (QED) is 0.603. The van der Waals surface area contributed by atoms with E-state index in [1.54, 1.807) is 0 Å². The summed E-state index contributed by atoms with van der Waals surface area (Å²) in [6, 6.07) is 19.2. The van der Waals surface area contributed by atoms with Crippen LogP contribution in [0.3, 0.4) is 0 Å². The van der Waals surface area contributed by atoms with Gasteiger partial charge in [-0.15, -0.1) is 4.57 Å². The summed E-state index contributed by atoms with van der Waals surface area (Å²) in [6.45, 7) is 6.56. The summed E-state index contributed by atoms with van der Waals surface area (Å²) < 4.78 is 2.38. The van der Waals surface area contributed by atoms with Crippen molar-refractivity contribution in [2.75, 3.05) is 0 Å². The van der Waals surface area contributed by atoms with E-state index >= 15 is 0 Å². The smallest absolute Gasteiger partial charge is 0.147 e. The molecule has 0 aliphatic rings. The molecule has 0 unspecified atom stereocenters. The van der Waals surface area contributed by atoms with Crippen LogP contribution in [0.4, 0.5) is 0 Å². The SMILES string of the molecule is Cc1ccccc1-[n+]1c(-c2ccccc2)sc(C)c1C. The zero-order valence-electron chi connectivity index (χ0n) is 12.1. The minimum atomic E-state index is 1.27. The Balaban J connectivity index is 2.29. The highest BCUT2D eigenvalue weighted by molar-refractivity contribution is 7.14. The van der Waals surface area contributed by atoms with Crippen molar-refractivity contribution in [3.8, 4) is 16.3 Å². The molecule has 0 amide bonds. The first kappa shape index (κ1) is 13.1. The Hall–Kier alpha value is -1.93. The Kier molecular flexibility index (Phi) is 3.41. The van der Waals surface area contributed by atoms with Crippen LogP contribution in [0, 0.1) is 20.8 Å². The summed E-state index contributed by atoms with van der Waals surface area (Å²) in [5, 5.41) is 1.30. The molecule has 100 valence electrons. The molecule has 0 bridgehead atoms. The van der Waals surface area contributed by atoms with Crippen LogP contribution in [-0.2, 0) is 0 Å². The van der Waals surface area contributed by atoms with Crippen LogP contribution in [-0.4, -0.2) is 0 Å². The van der Waals surface area contributed by atoms with E-state index in [0.717, 1.165) is 0 Å². The summed E-state index contributed by atoms with van der Waals surface area (Å²) in [7, 11) is 0. The van der Waals surface area contributed by atoms with Crippen molar-refractivity contribution in [1.29, 1.82) is 0 Å². The van der Waals surface area contributed by atoms with Gasteiger partial charge in [0, 0.05) is 18.6 Å². The van der Waals surface area contributed by atoms with Crippen molar-refractivity contribution in [2.45, 2.75) is 20.8 Å². The van der Waals surface area contributed by atoms with Gasteiger partial charge in [-0.3, -0.25) is 0 Å². The lowest BCUT2D eigenvalue weighted by molar-refractivity contribution is -0.586. The lowest BCUT2D eigenvalue weighted by Crippen LogP contribution is -2.35. The third kappa shape index (κ3) is 2.16. The number of benzene rings is 2. The number of aromatic nitrogens is 1. The molecule has 0 radical (unpaired) electrons. The lowest BCUT2D eigenvalue weighted by Gasteiger charge is -2.02. The molecule has 0 spiro atoms. The minimum Gasteiger partial charge on any atom is -0.147 e. The van der Waals surface area contributed by atoms with E-state index in [-0.39, 0.29) is 0 Å². The molecule has 1 nitrogen and oxygen atoms in total. The first-order chi connectivity index (χ1) is 9.68. The van der Waals surface area contributed by atoms with E-state index in [0.29, 0.717) is 0 Å². The molecule has 20 heavy (non-hydrogen) atoms. The molecule has 2 heteroatoms. The summed E-state index contributed by atoms with van der Waals surface area (Å²) in [5.41, 5.74) is 5.17. The van der Waals surface area contributed by atoms with Crippen LogP contribution in [0.5, 0.6) is 0 Å². The molecule has 0 N–H and O–H groups in total. The molecule has 0 saturated heterocycles. The third-order valence-electron chi connectivity index (χ3n) is 3.67. The highest BCUT2D eigenvalue weighted by atomic mass is 32.1. The normalized spacial score (nSPS) is 10.8. The molecule has 0 saturated carbocycles. The fourth-order valence-electron chi connectivity index (χ4n) is 2.45. The molecule has 0 fully saturated rings. The summed E-state index contributed by atoms with van der Waals surface area (Å²) in [4.78, 5) is 1.37. The zero-order chi connectivity index (χ0) is 14.1. The zero-order valence-corrected chi connectivity index (χ0v) is 12.9. The maximum Gasteiger partial charge on any atom is 0.275 e. The number of para-hydroxylation sites is 1. The van der Waals surface area contributed by atoms with Crippen molar-refractivity contribution in [1.82, 2.24) is 0 Å². The lowest BCUT2D eigenvalue weighted by atomic mass is 10.1. The summed E-state index contributed by atoms with van der Waals surface area (Å²) in [5.74, 6) is 0. The Labute approximate surface area is 124 Å². The van der Waals surface area contributed by atoms with Gasteiger partial charge < -0.3 is 0 Å². The predicted octanol–water partition coefficient (Wildman–Crippen LogP) is 4.62. The maximum atomic E-state index is 2.38. The predicted molar refractivity (Wildman–Crippen MR) is 85.5 cm³/mol. The fourth-order valence-corrected chi connectivity index (χ4v) is 3.56. The number of nitrogens with zero attached hydrogens (tertiary/aromatic N) is 1. The standard InChI is InChI=1S/C18H18NS/c1-13-9-7-8-12-17(13)19-14(2)15(3)20-18(19)16-10-5-4-6-11-16/h4-12H,1-3H3/q+1. The van der Waals surface area contributed by atoms with E-state index < -0.39 is 0 Å². The number of hydrogen-bond acceptors (Lipinski definition) is 1. The van der Waals surface area contributed by atoms with Gasteiger partial charge >= 0.3 is 0 Å². The average molecular weight is 280 g/mol. The molecule has 0 aliphatic carbocycles. The topological polar surface area (TPSA) is 3.88 Å². The first-order valence-electron chi connectivity index (χ1n) is 6.82. The molecule has 3 rings (SSSR count). The molecule has 1 aromatic heterocycles. The minimum absolute atomic E-state index is 1.27. The van der Waals surface area contributed by atoms with E-state index in [9.17, 15) is 0 Å². The first-order valence-corrected chi connectivity index (χ1v) is 7.63. The van der Waals surface area contributed by atoms with Crippen molar-refractivity contribution in [3.63, 3.8) is 0 Å². The van der Waals surface area contributed by atoms with Crippen LogP contribution < -0.4 is 4.57 Å². The van der Waals surface area contributed by atoms with Gasteiger partial charge in [0.1, 0.15) is 0 Å². The van der Waals surface area contributed by atoms with E-state index in [1.807, 2.05) is 11.3 Å². The monoisotopic (exact) mass is 280 g/mol. The van der Waals surface area contributed by atoms with E-state index in [4.69, 9.17) is 0 Å². The highest BCUT2D eigenvalue weighted by Crippen LogP contribution is 2.27. The Morgan fingerprint density at radius 3 is 2.15 bits per heavy atom. The highest BCUT2D eigenvalue weighted by Gasteiger charge is 2.25. The van der Waals surface area contributed by atoms with Gasteiger partial charge in [-0.1, -0.05) is 47.7 Å². The van der Waals surface area contributed by atoms with Gasteiger partial charge in [0.25, 0.3) is 5.01 Å². The second-order valence-corrected chi connectivity index (χ2v) is 6.24. The van der Waals surface area contributed by atoms with Gasteiger partial charge in [0.05, 0.1) is 10.4 Å². The van der Waals surface area contributed by atoms with Crippen LogP contribution in [0.1, 0.15) is 16.1 Å². The fraction of sp³-hybridized carbons (Fsp3) is 0.167.